The highest BCUT2D eigenvalue weighted by Crippen LogP contribution is 2.33. The zero-order valence-electron chi connectivity index (χ0n) is 20.8. The molecule has 8 heteroatoms. The lowest BCUT2D eigenvalue weighted by Gasteiger charge is -2.22. The fourth-order valence-corrected chi connectivity index (χ4v) is 4.49. The summed E-state index contributed by atoms with van der Waals surface area (Å²) in [5.41, 5.74) is 2.29. The number of benzene rings is 3. The molecule has 0 radical (unpaired) electrons. The van der Waals surface area contributed by atoms with Crippen LogP contribution in [0.1, 0.15) is 49.9 Å². The molecule has 0 aliphatic rings. The van der Waals surface area contributed by atoms with E-state index in [1.807, 2.05) is 12.1 Å². The molecule has 3 rings (SSSR count). The molecule has 5 nitrogen and oxygen atoms in total. The second-order valence-corrected chi connectivity index (χ2v) is 10.1. The van der Waals surface area contributed by atoms with Crippen molar-refractivity contribution in [3.05, 3.63) is 82.1 Å². The minimum atomic E-state index is -0.907. The number of halogens is 3. The maximum atomic E-state index is 14.9. The van der Waals surface area contributed by atoms with Crippen molar-refractivity contribution in [1.29, 1.82) is 0 Å². The quantitative estimate of drug-likeness (QED) is 0.212. The van der Waals surface area contributed by atoms with E-state index in [-0.39, 0.29) is 24.7 Å². The van der Waals surface area contributed by atoms with Gasteiger partial charge < -0.3 is 15.2 Å². The normalized spacial score (nSPS) is 11.8. The van der Waals surface area contributed by atoms with Crippen LogP contribution >= 0.6 is 23.2 Å². The van der Waals surface area contributed by atoms with E-state index in [0.29, 0.717) is 51.4 Å². The number of Topliss-reactive ketones (excluding diaryl/α,β-unsaturated/α-hetero) is 1. The maximum absolute atomic E-state index is 14.9. The number of ketones is 1. The molecule has 0 amide bonds. The van der Waals surface area contributed by atoms with E-state index in [0.717, 1.165) is 12.1 Å². The molecule has 2 N–H and O–H groups in total. The number of hydrogen-bond acceptors (Lipinski definition) is 4. The third-order valence-corrected chi connectivity index (χ3v) is 6.29. The molecule has 3 aromatic carbocycles. The Balaban J connectivity index is 1.63. The first kappa shape index (κ1) is 28.5. The summed E-state index contributed by atoms with van der Waals surface area (Å²) in [6.45, 7) is 4.53. The molecule has 0 saturated carbocycles. The van der Waals surface area contributed by atoms with Crippen LogP contribution in [0.5, 0.6) is 5.75 Å². The Morgan fingerprint density at radius 1 is 0.973 bits per heavy atom. The number of carboxylic acid groups (broad SMARTS) is 1. The minimum Gasteiger partial charge on any atom is -0.491 e. The second kappa shape index (κ2) is 13.5. The van der Waals surface area contributed by atoms with Gasteiger partial charge in [-0.2, -0.15) is 0 Å². The molecule has 0 spiro atoms. The smallest absolute Gasteiger partial charge is 0.303 e. The van der Waals surface area contributed by atoms with Crippen LogP contribution in [0, 0.1) is 11.7 Å². The summed E-state index contributed by atoms with van der Waals surface area (Å²) in [5, 5.41) is 13.0. The second-order valence-electron chi connectivity index (χ2n) is 9.30. The Kier molecular flexibility index (Phi) is 10.4. The van der Waals surface area contributed by atoms with Gasteiger partial charge in [0, 0.05) is 51.3 Å². The van der Waals surface area contributed by atoms with E-state index in [4.69, 9.17) is 33.0 Å². The molecule has 196 valence electrons. The highest BCUT2D eigenvalue weighted by atomic mass is 35.5. The fraction of sp³-hybridized carbons (Fsp3) is 0.310. The summed E-state index contributed by atoms with van der Waals surface area (Å²) in [6.07, 6.45) is 1.30. The van der Waals surface area contributed by atoms with Crippen LogP contribution in [0.25, 0.3) is 11.1 Å². The van der Waals surface area contributed by atoms with Gasteiger partial charge in [0.2, 0.25) is 0 Å². The first-order valence-electron chi connectivity index (χ1n) is 12.1. The minimum absolute atomic E-state index is 0.0240. The first-order valence-corrected chi connectivity index (χ1v) is 12.9. The molecule has 0 aliphatic heterocycles. The number of ether oxygens (including phenoxy) is 1. The van der Waals surface area contributed by atoms with Gasteiger partial charge in [0.25, 0.3) is 0 Å². The standard InChI is InChI=1S/C29H30Cl2FNO4/c1-18(2)14-22(33-21-9-6-19(7-10-21)28(34)4-3-5-29(35)36)17-37-23-11-13-25(27(32)16-23)24-12-8-20(30)15-26(24)31/h6-13,15-16,18,22,33H,3-5,14,17H2,1-2H3,(H,35,36)/t22-/m0/s1. The molecule has 1 atom stereocenters. The Morgan fingerprint density at radius 3 is 2.30 bits per heavy atom. The van der Waals surface area contributed by atoms with Crippen LogP contribution in [0.15, 0.2) is 60.7 Å². The predicted octanol–water partition coefficient (Wildman–Crippen LogP) is 8.14. The van der Waals surface area contributed by atoms with E-state index in [2.05, 4.69) is 19.2 Å². The van der Waals surface area contributed by atoms with Crippen LogP contribution < -0.4 is 10.1 Å². The molecule has 3 aromatic rings. The van der Waals surface area contributed by atoms with E-state index in [1.54, 1.807) is 42.5 Å². The summed E-state index contributed by atoms with van der Waals surface area (Å²) in [4.78, 5) is 22.9. The van der Waals surface area contributed by atoms with E-state index < -0.39 is 11.8 Å². The largest absolute Gasteiger partial charge is 0.491 e. The maximum Gasteiger partial charge on any atom is 0.303 e. The van der Waals surface area contributed by atoms with E-state index in [9.17, 15) is 14.0 Å². The Morgan fingerprint density at radius 2 is 1.68 bits per heavy atom. The lowest BCUT2D eigenvalue weighted by Crippen LogP contribution is -2.28. The Hall–Kier alpha value is -3.09. The number of carbonyl (C=O) groups is 2. The van der Waals surface area contributed by atoms with Gasteiger partial charge in [0.15, 0.2) is 5.78 Å². The van der Waals surface area contributed by atoms with Crippen LogP contribution in [0.3, 0.4) is 0 Å². The van der Waals surface area contributed by atoms with Crippen molar-refractivity contribution in [3.63, 3.8) is 0 Å². The number of anilines is 1. The zero-order valence-corrected chi connectivity index (χ0v) is 22.3. The first-order chi connectivity index (χ1) is 17.6. The molecular formula is C29H30Cl2FNO4. The molecule has 0 heterocycles. The number of aliphatic carboxylic acids is 1. The molecule has 0 aliphatic carbocycles. The molecular weight excluding hydrogens is 516 g/mol. The number of nitrogens with one attached hydrogen (secondary N) is 1. The third kappa shape index (κ3) is 8.76. The lowest BCUT2D eigenvalue weighted by molar-refractivity contribution is -0.137. The van der Waals surface area contributed by atoms with Gasteiger partial charge in [-0.3, -0.25) is 9.59 Å². The predicted molar refractivity (Wildman–Crippen MR) is 146 cm³/mol. The highest BCUT2D eigenvalue weighted by molar-refractivity contribution is 6.36. The summed E-state index contributed by atoms with van der Waals surface area (Å²) in [5.74, 6) is -0.638. The van der Waals surface area contributed by atoms with Gasteiger partial charge in [-0.25, -0.2) is 4.39 Å². The molecule has 0 saturated heterocycles. The highest BCUT2D eigenvalue weighted by Gasteiger charge is 2.15. The lowest BCUT2D eigenvalue weighted by atomic mass is 10.0. The van der Waals surface area contributed by atoms with Crippen molar-refractivity contribution in [3.8, 4) is 16.9 Å². The average molecular weight is 546 g/mol. The van der Waals surface area contributed by atoms with Crippen LogP contribution in [-0.4, -0.2) is 29.5 Å². The van der Waals surface area contributed by atoms with Gasteiger partial charge in [0.05, 0.1) is 6.04 Å². The average Bonchev–Trinajstić information content (AvgIpc) is 2.83. The third-order valence-electron chi connectivity index (χ3n) is 5.74. The van der Waals surface area contributed by atoms with Crippen LogP contribution in [-0.2, 0) is 4.79 Å². The Labute approximate surface area is 226 Å². The van der Waals surface area contributed by atoms with Crippen molar-refractivity contribution < 1.29 is 23.8 Å². The molecule has 0 aromatic heterocycles. The van der Waals surface area contributed by atoms with Gasteiger partial charge in [-0.15, -0.1) is 0 Å². The van der Waals surface area contributed by atoms with Crippen LogP contribution in [0.2, 0.25) is 10.0 Å². The van der Waals surface area contributed by atoms with E-state index in [1.165, 1.54) is 6.07 Å². The van der Waals surface area contributed by atoms with E-state index >= 15 is 0 Å². The van der Waals surface area contributed by atoms with Gasteiger partial charge >= 0.3 is 5.97 Å². The fourth-order valence-electron chi connectivity index (χ4n) is 3.98. The summed E-state index contributed by atoms with van der Waals surface area (Å²) < 4.78 is 20.8. The van der Waals surface area contributed by atoms with Crippen molar-refractivity contribution in [2.75, 3.05) is 11.9 Å². The Bertz CT molecular complexity index is 1230. The summed E-state index contributed by atoms with van der Waals surface area (Å²) in [6, 6.07) is 16.7. The zero-order chi connectivity index (χ0) is 26.9. The summed E-state index contributed by atoms with van der Waals surface area (Å²) >= 11 is 12.2. The molecule has 37 heavy (non-hydrogen) atoms. The van der Waals surface area contributed by atoms with Crippen molar-refractivity contribution in [2.45, 2.75) is 45.6 Å². The van der Waals surface area contributed by atoms with Gasteiger partial charge in [0.1, 0.15) is 18.2 Å². The van der Waals surface area contributed by atoms with Crippen LogP contribution in [0.4, 0.5) is 10.1 Å². The van der Waals surface area contributed by atoms with Gasteiger partial charge in [-0.1, -0.05) is 43.1 Å². The SMILES string of the molecule is CC(C)C[C@@H](COc1ccc(-c2ccc(Cl)cc2Cl)c(F)c1)Nc1ccc(C(=O)CCCC(=O)O)cc1. The molecule has 0 fully saturated rings. The number of carboxylic acids is 1. The monoisotopic (exact) mass is 545 g/mol. The van der Waals surface area contributed by atoms with Crippen molar-refractivity contribution in [2.24, 2.45) is 5.92 Å². The van der Waals surface area contributed by atoms with Crippen molar-refractivity contribution in [1.82, 2.24) is 0 Å². The topological polar surface area (TPSA) is 75.6 Å². The molecule has 0 unspecified atom stereocenters. The number of carbonyl (C=O) groups excluding carboxylic acids is 1. The number of rotatable bonds is 13. The van der Waals surface area contributed by atoms with Gasteiger partial charge in [-0.05, 0) is 67.3 Å². The summed E-state index contributed by atoms with van der Waals surface area (Å²) in [7, 11) is 0. The van der Waals surface area contributed by atoms with Crippen molar-refractivity contribution >= 4 is 40.6 Å². The number of hydrogen-bond donors (Lipinski definition) is 2. The molecule has 0 bridgehead atoms.